The third-order valence-corrected chi connectivity index (χ3v) is 10.4. The third kappa shape index (κ3) is 4.83. The van der Waals surface area contributed by atoms with Gasteiger partial charge in [-0.15, -0.1) is 0 Å². The van der Waals surface area contributed by atoms with Gasteiger partial charge in [-0.25, -0.2) is 15.0 Å². The zero-order valence-electron chi connectivity index (χ0n) is 29.0. The molecule has 4 aromatic heterocycles. The minimum atomic E-state index is 0.678. The molecule has 252 valence electrons. The molecule has 0 fully saturated rings. The van der Waals surface area contributed by atoms with Gasteiger partial charge in [0, 0.05) is 49.5 Å². The van der Waals surface area contributed by atoms with Crippen LogP contribution in [0.3, 0.4) is 0 Å². The van der Waals surface area contributed by atoms with Gasteiger partial charge in [0.1, 0.15) is 11.2 Å². The molecule has 54 heavy (non-hydrogen) atoms. The molecule has 0 radical (unpaired) electrons. The summed E-state index contributed by atoms with van der Waals surface area (Å²) in [6, 6.07) is 63.0. The molecule has 5 heteroatoms. The van der Waals surface area contributed by atoms with Crippen molar-refractivity contribution in [1.82, 2.24) is 19.5 Å². The number of rotatable bonds is 5. The van der Waals surface area contributed by atoms with Crippen molar-refractivity contribution in [1.29, 1.82) is 0 Å². The number of aromatic nitrogens is 4. The van der Waals surface area contributed by atoms with Crippen LogP contribution in [0.4, 0.5) is 0 Å². The van der Waals surface area contributed by atoms with Crippen molar-refractivity contribution in [2.45, 2.75) is 0 Å². The molecule has 0 unspecified atom stereocenters. The number of fused-ring (bicyclic) bond motifs is 8. The smallest absolute Gasteiger partial charge is 0.160 e. The SMILES string of the molecule is c1ccc(-c2nc(-c3ccc(-c4nc5ccccc5c5oc6ccccc6c45)cc3)cc(-c3cccc(-n4c5ccccc5c5ccccc54)c3)n2)cc1. The van der Waals surface area contributed by atoms with Gasteiger partial charge in [0.15, 0.2) is 5.82 Å². The van der Waals surface area contributed by atoms with E-state index >= 15 is 0 Å². The van der Waals surface area contributed by atoms with Crippen LogP contribution in [0.2, 0.25) is 0 Å². The predicted octanol–water partition coefficient (Wildman–Crippen LogP) is 12.7. The molecule has 0 saturated heterocycles. The van der Waals surface area contributed by atoms with E-state index in [-0.39, 0.29) is 0 Å². The second-order valence-electron chi connectivity index (χ2n) is 13.6. The lowest BCUT2D eigenvalue weighted by atomic mass is 10.00. The van der Waals surface area contributed by atoms with Crippen LogP contribution in [0.5, 0.6) is 0 Å². The highest BCUT2D eigenvalue weighted by molar-refractivity contribution is 6.19. The van der Waals surface area contributed by atoms with Crippen molar-refractivity contribution >= 4 is 54.6 Å². The Bertz CT molecular complexity index is 3160. The number of nitrogens with zero attached hydrogens (tertiary/aromatic N) is 4. The van der Waals surface area contributed by atoms with Crippen molar-refractivity contribution in [3.63, 3.8) is 0 Å². The lowest BCUT2D eigenvalue weighted by Crippen LogP contribution is -1.98. The molecule has 11 rings (SSSR count). The van der Waals surface area contributed by atoms with Crippen LogP contribution in [0.1, 0.15) is 0 Å². The van der Waals surface area contributed by atoms with E-state index in [2.05, 4.69) is 138 Å². The number of hydrogen-bond donors (Lipinski definition) is 0. The number of pyridine rings is 1. The summed E-state index contributed by atoms with van der Waals surface area (Å²) in [6.07, 6.45) is 0. The number of furan rings is 1. The van der Waals surface area contributed by atoms with E-state index in [0.717, 1.165) is 77.9 Å². The fourth-order valence-corrected chi connectivity index (χ4v) is 7.88. The molecular weight excluding hydrogens is 661 g/mol. The molecule has 0 aliphatic heterocycles. The van der Waals surface area contributed by atoms with E-state index in [1.807, 2.05) is 48.5 Å². The predicted molar refractivity (Wildman–Crippen MR) is 221 cm³/mol. The van der Waals surface area contributed by atoms with E-state index in [1.54, 1.807) is 0 Å². The van der Waals surface area contributed by atoms with Crippen LogP contribution in [0, 0.1) is 0 Å². The highest BCUT2D eigenvalue weighted by atomic mass is 16.3. The van der Waals surface area contributed by atoms with E-state index in [0.29, 0.717) is 5.82 Å². The average Bonchev–Trinajstić information content (AvgIpc) is 3.81. The lowest BCUT2D eigenvalue weighted by molar-refractivity contribution is 0.672. The maximum absolute atomic E-state index is 6.45. The molecule has 0 atom stereocenters. The number of hydrogen-bond acceptors (Lipinski definition) is 4. The molecule has 5 nitrogen and oxygen atoms in total. The summed E-state index contributed by atoms with van der Waals surface area (Å²) in [5.41, 5.74) is 12.6. The second kappa shape index (κ2) is 12.1. The molecule has 0 spiro atoms. The van der Waals surface area contributed by atoms with E-state index in [4.69, 9.17) is 19.4 Å². The summed E-state index contributed by atoms with van der Waals surface area (Å²) in [6.45, 7) is 0. The van der Waals surface area contributed by atoms with Gasteiger partial charge in [-0.3, -0.25) is 0 Å². The van der Waals surface area contributed by atoms with Crippen molar-refractivity contribution in [3.8, 4) is 50.8 Å². The maximum atomic E-state index is 6.45. The summed E-state index contributed by atoms with van der Waals surface area (Å²) >= 11 is 0. The lowest BCUT2D eigenvalue weighted by Gasteiger charge is -2.12. The van der Waals surface area contributed by atoms with Crippen LogP contribution in [0.15, 0.2) is 186 Å². The molecule has 0 amide bonds. The normalized spacial score (nSPS) is 11.7. The van der Waals surface area contributed by atoms with E-state index < -0.39 is 0 Å². The van der Waals surface area contributed by atoms with E-state index in [1.165, 1.54) is 21.8 Å². The first-order valence-corrected chi connectivity index (χ1v) is 18.1. The van der Waals surface area contributed by atoms with Crippen molar-refractivity contribution in [3.05, 3.63) is 182 Å². The molecule has 0 bridgehead atoms. The van der Waals surface area contributed by atoms with E-state index in [9.17, 15) is 0 Å². The molecule has 11 aromatic rings. The highest BCUT2D eigenvalue weighted by Crippen LogP contribution is 2.40. The summed E-state index contributed by atoms with van der Waals surface area (Å²) in [5, 5.41) is 5.56. The molecule has 0 N–H and O–H groups in total. The van der Waals surface area contributed by atoms with Gasteiger partial charge in [-0.1, -0.05) is 133 Å². The number of benzene rings is 7. The van der Waals surface area contributed by atoms with Gasteiger partial charge in [-0.2, -0.15) is 0 Å². The summed E-state index contributed by atoms with van der Waals surface area (Å²) in [4.78, 5) is 15.5. The average molecular weight is 691 g/mol. The first-order chi connectivity index (χ1) is 26.8. The Hall–Kier alpha value is -7.37. The Morgan fingerprint density at radius 3 is 1.76 bits per heavy atom. The van der Waals surface area contributed by atoms with Crippen LogP contribution in [-0.4, -0.2) is 19.5 Å². The Morgan fingerprint density at radius 2 is 1.00 bits per heavy atom. The first kappa shape index (κ1) is 30.3. The van der Waals surface area contributed by atoms with Crippen LogP contribution >= 0.6 is 0 Å². The standard InChI is InChI=1S/C49H30N4O/c1-2-13-33(14-3-1)49-51-41(30-42(52-49)34-15-12-16-35(29-34)53-43-22-9-5-17-36(43)37-18-6-10-23-44(37)53)31-25-27-32(28-26-31)47-46-39-20-7-11-24-45(39)54-48(46)38-19-4-8-21-40(38)50-47/h1-30H. The fourth-order valence-electron chi connectivity index (χ4n) is 7.88. The van der Waals surface area contributed by atoms with Gasteiger partial charge in [0.2, 0.25) is 0 Å². The first-order valence-electron chi connectivity index (χ1n) is 18.1. The number of para-hydroxylation sites is 4. The van der Waals surface area contributed by atoms with Crippen molar-refractivity contribution in [2.24, 2.45) is 0 Å². The fraction of sp³-hybridized carbons (Fsp3) is 0. The van der Waals surface area contributed by atoms with Crippen molar-refractivity contribution in [2.75, 3.05) is 0 Å². The minimum Gasteiger partial charge on any atom is -0.455 e. The molecule has 0 aliphatic rings. The Kier molecular flexibility index (Phi) is 6.79. The van der Waals surface area contributed by atoms with Gasteiger partial charge in [-0.05, 0) is 48.5 Å². The van der Waals surface area contributed by atoms with Crippen LogP contribution in [-0.2, 0) is 0 Å². The van der Waals surface area contributed by atoms with Crippen molar-refractivity contribution < 1.29 is 4.42 Å². The summed E-state index contributed by atoms with van der Waals surface area (Å²) in [7, 11) is 0. The highest BCUT2D eigenvalue weighted by Gasteiger charge is 2.19. The van der Waals surface area contributed by atoms with Gasteiger partial charge in [0.25, 0.3) is 0 Å². The molecule has 4 heterocycles. The molecule has 7 aromatic carbocycles. The van der Waals surface area contributed by atoms with Gasteiger partial charge in [0.05, 0.1) is 39.0 Å². The van der Waals surface area contributed by atoms with Crippen LogP contribution < -0.4 is 0 Å². The van der Waals surface area contributed by atoms with Gasteiger partial charge >= 0.3 is 0 Å². The zero-order valence-corrected chi connectivity index (χ0v) is 29.0. The zero-order chi connectivity index (χ0) is 35.6. The maximum Gasteiger partial charge on any atom is 0.160 e. The Labute approximate surface area is 310 Å². The summed E-state index contributed by atoms with van der Waals surface area (Å²) < 4.78 is 8.79. The topological polar surface area (TPSA) is 56.7 Å². The van der Waals surface area contributed by atoms with Crippen LogP contribution in [0.25, 0.3) is 105 Å². The minimum absolute atomic E-state index is 0.678. The largest absolute Gasteiger partial charge is 0.455 e. The molecular formula is C49H30N4O. The third-order valence-electron chi connectivity index (χ3n) is 10.4. The van der Waals surface area contributed by atoms with Gasteiger partial charge < -0.3 is 8.98 Å². The monoisotopic (exact) mass is 690 g/mol. The molecule has 0 aliphatic carbocycles. The quantitative estimate of drug-likeness (QED) is 0.180. The second-order valence-corrected chi connectivity index (χ2v) is 13.6. The Balaban J connectivity index is 1.05. The Morgan fingerprint density at radius 1 is 0.407 bits per heavy atom. The molecule has 0 saturated carbocycles. The summed E-state index contributed by atoms with van der Waals surface area (Å²) in [5.74, 6) is 0.678.